The number of benzene rings is 2. The van der Waals surface area contributed by atoms with Crippen molar-refractivity contribution in [2.45, 2.75) is 62.5 Å². The summed E-state index contributed by atoms with van der Waals surface area (Å²) in [5, 5.41) is 14.2. The average Bonchev–Trinajstić information content (AvgIpc) is 3.43. The van der Waals surface area contributed by atoms with Crippen molar-refractivity contribution in [1.29, 1.82) is 0 Å². The van der Waals surface area contributed by atoms with Crippen molar-refractivity contribution in [2.75, 3.05) is 33.4 Å². The van der Waals surface area contributed by atoms with Crippen LogP contribution in [0.2, 0.25) is 0 Å². The summed E-state index contributed by atoms with van der Waals surface area (Å²) in [5.74, 6) is 0.508. The lowest BCUT2D eigenvalue weighted by atomic mass is 9.95. The maximum absolute atomic E-state index is 13.6. The molecule has 0 aliphatic carbocycles. The molecular weight excluding hydrogens is 536 g/mol. The summed E-state index contributed by atoms with van der Waals surface area (Å²) in [5.41, 5.74) is 0.885. The first-order valence-corrected chi connectivity index (χ1v) is 15.2. The predicted molar refractivity (Wildman–Crippen MR) is 148 cm³/mol. The lowest BCUT2D eigenvalue weighted by molar-refractivity contribution is -0.179. The zero-order chi connectivity index (χ0) is 28.7. The zero-order valence-electron chi connectivity index (χ0n) is 23.3. The Morgan fingerprint density at radius 1 is 1.05 bits per heavy atom. The van der Waals surface area contributed by atoms with Gasteiger partial charge in [0, 0.05) is 25.4 Å². The van der Waals surface area contributed by atoms with Gasteiger partial charge < -0.3 is 29.4 Å². The molecule has 2 fully saturated rings. The monoisotopic (exact) mass is 576 g/mol. The van der Waals surface area contributed by atoms with Gasteiger partial charge in [-0.15, -0.1) is 0 Å². The van der Waals surface area contributed by atoms with E-state index >= 15 is 0 Å². The van der Waals surface area contributed by atoms with Crippen molar-refractivity contribution < 1.29 is 37.3 Å². The second-order valence-corrected chi connectivity index (χ2v) is 12.6. The van der Waals surface area contributed by atoms with Crippen molar-refractivity contribution in [2.24, 2.45) is 11.8 Å². The van der Waals surface area contributed by atoms with Crippen LogP contribution in [0.15, 0.2) is 59.5 Å². The van der Waals surface area contributed by atoms with Gasteiger partial charge in [0.2, 0.25) is 10.0 Å². The standard InChI is InChI=1S/C29H40N2O8S/c1-20(2)18-31(40(34,35)23-11-9-22(36-3)10-12-23)19-26(32)25(17-21-7-5-4-6-8-21)30-29(33)39-27-14-16-38-28-24(27)13-15-37-28/h4-12,20,24-28,32H,13-19H2,1-3H3,(H,30,33)/t24-,25-,26-,27?,28+/m0/s1. The first-order chi connectivity index (χ1) is 19.2. The van der Waals surface area contributed by atoms with Gasteiger partial charge in [0.25, 0.3) is 0 Å². The number of aliphatic hydroxyl groups excluding tert-OH is 1. The van der Waals surface area contributed by atoms with Crippen LogP contribution in [0, 0.1) is 11.8 Å². The number of alkyl carbamates (subject to hydrolysis) is 1. The summed E-state index contributed by atoms with van der Waals surface area (Å²) in [6, 6.07) is 14.8. The number of hydrogen-bond acceptors (Lipinski definition) is 8. The second kappa shape index (κ2) is 13.8. The number of rotatable bonds is 12. The van der Waals surface area contributed by atoms with Crippen LogP contribution in [0.25, 0.3) is 0 Å². The molecule has 11 heteroatoms. The number of nitrogens with zero attached hydrogens (tertiary/aromatic N) is 1. The third-order valence-electron chi connectivity index (χ3n) is 7.23. The van der Waals surface area contributed by atoms with E-state index in [0.717, 1.165) is 12.0 Å². The molecule has 2 aromatic rings. The van der Waals surface area contributed by atoms with Gasteiger partial charge in [0.1, 0.15) is 11.9 Å². The molecule has 10 nitrogen and oxygen atoms in total. The van der Waals surface area contributed by atoms with Crippen LogP contribution in [0.5, 0.6) is 5.75 Å². The average molecular weight is 577 g/mol. The molecule has 2 heterocycles. The number of carbonyl (C=O) groups is 1. The van der Waals surface area contributed by atoms with Gasteiger partial charge in [-0.05, 0) is 48.6 Å². The molecule has 1 unspecified atom stereocenters. The Morgan fingerprint density at radius 2 is 1.73 bits per heavy atom. The van der Waals surface area contributed by atoms with E-state index in [2.05, 4.69) is 5.32 Å². The molecular formula is C29H40N2O8S. The number of fused-ring (bicyclic) bond motifs is 1. The summed E-state index contributed by atoms with van der Waals surface area (Å²) in [6.07, 6.45) is -1.01. The van der Waals surface area contributed by atoms with Gasteiger partial charge in [-0.1, -0.05) is 44.2 Å². The fraction of sp³-hybridized carbons (Fsp3) is 0.552. The van der Waals surface area contributed by atoms with E-state index in [1.54, 1.807) is 12.1 Å². The fourth-order valence-electron chi connectivity index (χ4n) is 5.16. The number of hydrogen-bond donors (Lipinski definition) is 2. The normalized spacial score (nSPS) is 22.5. The Bertz CT molecular complexity index is 1190. The first-order valence-electron chi connectivity index (χ1n) is 13.7. The SMILES string of the molecule is COc1ccc(S(=O)(=O)N(CC(C)C)C[C@H](O)[C@H](Cc2ccccc2)NC(=O)OC2CCO[C@H]3OCC[C@@H]23)cc1. The highest BCUT2D eigenvalue weighted by atomic mass is 32.2. The van der Waals surface area contributed by atoms with Crippen LogP contribution in [0.3, 0.4) is 0 Å². The van der Waals surface area contributed by atoms with Crippen molar-refractivity contribution in [3.05, 3.63) is 60.2 Å². The quantitative estimate of drug-likeness (QED) is 0.395. The molecule has 2 aliphatic rings. The highest BCUT2D eigenvalue weighted by Crippen LogP contribution is 2.32. The first kappa shape index (κ1) is 30.3. The Hall–Kier alpha value is -2.70. The summed E-state index contributed by atoms with van der Waals surface area (Å²) < 4.78 is 50.6. The van der Waals surface area contributed by atoms with E-state index in [4.69, 9.17) is 18.9 Å². The third kappa shape index (κ3) is 7.73. The van der Waals surface area contributed by atoms with Gasteiger partial charge in [-0.2, -0.15) is 4.31 Å². The van der Waals surface area contributed by atoms with Gasteiger partial charge in [0.05, 0.1) is 37.4 Å². The van der Waals surface area contributed by atoms with Crippen molar-refractivity contribution in [3.8, 4) is 5.75 Å². The van der Waals surface area contributed by atoms with Gasteiger partial charge in [0.15, 0.2) is 6.29 Å². The molecule has 5 atom stereocenters. The maximum Gasteiger partial charge on any atom is 0.407 e. The van der Waals surface area contributed by atoms with E-state index in [0.29, 0.717) is 25.4 Å². The van der Waals surface area contributed by atoms with Crippen molar-refractivity contribution in [3.63, 3.8) is 0 Å². The zero-order valence-corrected chi connectivity index (χ0v) is 24.1. The molecule has 0 saturated carbocycles. The third-order valence-corrected chi connectivity index (χ3v) is 9.07. The number of ether oxygens (including phenoxy) is 4. The van der Waals surface area contributed by atoms with E-state index in [-0.39, 0.29) is 48.6 Å². The fourth-order valence-corrected chi connectivity index (χ4v) is 6.78. The Balaban J connectivity index is 1.51. The molecule has 2 aliphatic heterocycles. The molecule has 2 N–H and O–H groups in total. The van der Waals surface area contributed by atoms with Crippen molar-refractivity contribution >= 4 is 16.1 Å². The van der Waals surface area contributed by atoms with Gasteiger partial charge >= 0.3 is 6.09 Å². The molecule has 2 saturated heterocycles. The van der Waals surface area contributed by atoms with E-state index < -0.39 is 28.3 Å². The highest BCUT2D eigenvalue weighted by molar-refractivity contribution is 7.89. The lowest BCUT2D eigenvalue weighted by Gasteiger charge is -2.33. The molecule has 0 radical (unpaired) electrons. The summed E-state index contributed by atoms with van der Waals surface area (Å²) >= 11 is 0. The topological polar surface area (TPSA) is 124 Å². The molecule has 0 aromatic heterocycles. The van der Waals surface area contributed by atoms with Gasteiger partial charge in [-0.25, -0.2) is 13.2 Å². The minimum Gasteiger partial charge on any atom is -0.497 e. The van der Waals surface area contributed by atoms with Crippen LogP contribution in [0.1, 0.15) is 32.3 Å². The van der Waals surface area contributed by atoms with Crippen molar-refractivity contribution in [1.82, 2.24) is 9.62 Å². The maximum atomic E-state index is 13.6. The van der Waals surface area contributed by atoms with Crippen LogP contribution in [0.4, 0.5) is 4.79 Å². The molecule has 220 valence electrons. The molecule has 40 heavy (non-hydrogen) atoms. The molecule has 2 aromatic carbocycles. The van der Waals surface area contributed by atoms with Gasteiger partial charge in [-0.3, -0.25) is 0 Å². The lowest BCUT2D eigenvalue weighted by Crippen LogP contribution is -2.52. The van der Waals surface area contributed by atoms with Crippen LogP contribution in [-0.4, -0.2) is 81.9 Å². The smallest absolute Gasteiger partial charge is 0.407 e. The Labute approximate surface area is 236 Å². The minimum atomic E-state index is -3.94. The number of sulfonamides is 1. The summed E-state index contributed by atoms with van der Waals surface area (Å²) in [6.45, 7) is 4.80. The Kier molecular flexibility index (Phi) is 10.4. The molecule has 0 bridgehead atoms. The second-order valence-electron chi connectivity index (χ2n) is 10.7. The largest absolute Gasteiger partial charge is 0.497 e. The van der Waals surface area contributed by atoms with Crippen LogP contribution < -0.4 is 10.1 Å². The van der Waals surface area contributed by atoms with E-state index in [1.165, 1.54) is 23.5 Å². The Morgan fingerprint density at radius 3 is 2.38 bits per heavy atom. The molecule has 1 amide bonds. The van der Waals surface area contributed by atoms with Crippen LogP contribution >= 0.6 is 0 Å². The van der Waals surface area contributed by atoms with E-state index in [1.807, 2.05) is 44.2 Å². The number of amides is 1. The summed E-state index contributed by atoms with van der Waals surface area (Å²) in [4.78, 5) is 13.2. The summed E-state index contributed by atoms with van der Waals surface area (Å²) in [7, 11) is -2.43. The number of methoxy groups -OCH3 is 1. The highest BCUT2D eigenvalue weighted by Gasteiger charge is 2.41. The molecule has 0 spiro atoms. The molecule has 4 rings (SSSR count). The number of carbonyl (C=O) groups excluding carboxylic acids is 1. The number of nitrogens with one attached hydrogen (secondary N) is 1. The van der Waals surface area contributed by atoms with E-state index in [9.17, 15) is 18.3 Å². The van der Waals surface area contributed by atoms with Crippen LogP contribution in [-0.2, 0) is 30.7 Å². The number of aliphatic hydroxyl groups is 1. The predicted octanol–water partition coefficient (Wildman–Crippen LogP) is 3.19. The minimum absolute atomic E-state index is 0.000757.